The van der Waals surface area contributed by atoms with Crippen molar-refractivity contribution in [1.29, 1.82) is 0 Å². The smallest absolute Gasteiger partial charge is 0.323 e. The summed E-state index contributed by atoms with van der Waals surface area (Å²) in [7, 11) is 3.08. The molecule has 0 saturated heterocycles. The molecule has 0 bridgehead atoms. The lowest BCUT2D eigenvalue weighted by Crippen LogP contribution is -2.39. The van der Waals surface area contributed by atoms with E-state index in [4.69, 9.17) is 14.6 Å². The Morgan fingerprint density at radius 1 is 1.35 bits per heavy atom. The van der Waals surface area contributed by atoms with Gasteiger partial charge in [0.25, 0.3) is 0 Å². The summed E-state index contributed by atoms with van der Waals surface area (Å²) in [5, 5.41) is 11.8. The van der Waals surface area contributed by atoms with Gasteiger partial charge in [-0.25, -0.2) is 0 Å². The molecular formula is C12H17NO4. The van der Waals surface area contributed by atoms with Crippen molar-refractivity contribution in [3.8, 4) is 5.75 Å². The zero-order valence-corrected chi connectivity index (χ0v) is 9.97. The average Bonchev–Trinajstić information content (AvgIpc) is 2.34. The third kappa shape index (κ3) is 4.42. The van der Waals surface area contributed by atoms with E-state index in [0.717, 1.165) is 11.3 Å². The van der Waals surface area contributed by atoms with Gasteiger partial charge in [0.15, 0.2) is 0 Å². The molecule has 0 fully saturated rings. The highest BCUT2D eigenvalue weighted by atomic mass is 16.5. The van der Waals surface area contributed by atoms with E-state index in [1.165, 1.54) is 7.11 Å². The van der Waals surface area contributed by atoms with E-state index >= 15 is 0 Å². The number of aliphatic carboxylic acids is 1. The van der Waals surface area contributed by atoms with Crippen molar-refractivity contribution in [2.24, 2.45) is 0 Å². The van der Waals surface area contributed by atoms with Crippen molar-refractivity contribution in [3.63, 3.8) is 0 Å². The van der Waals surface area contributed by atoms with Gasteiger partial charge in [0.05, 0.1) is 13.7 Å². The quantitative estimate of drug-likeness (QED) is 0.739. The van der Waals surface area contributed by atoms with Crippen molar-refractivity contribution in [2.75, 3.05) is 20.8 Å². The Morgan fingerprint density at radius 2 is 2.00 bits per heavy atom. The lowest BCUT2D eigenvalue weighted by molar-refractivity contribution is -0.140. The first kappa shape index (κ1) is 13.5. The maximum atomic E-state index is 10.8. The summed E-state index contributed by atoms with van der Waals surface area (Å²) >= 11 is 0. The third-order valence-electron chi connectivity index (χ3n) is 2.34. The van der Waals surface area contributed by atoms with Crippen LogP contribution >= 0.6 is 0 Å². The second-order valence-corrected chi connectivity index (χ2v) is 3.58. The van der Waals surface area contributed by atoms with Gasteiger partial charge in [-0.05, 0) is 17.7 Å². The third-order valence-corrected chi connectivity index (χ3v) is 2.34. The van der Waals surface area contributed by atoms with E-state index < -0.39 is 12.0 Å². The predicted molar refractivity (Wildman–Crippen MR) is 63.1 cm³/mol. The molecule has 1 aromatic carbocycles. The zero-order valence-electron chi connectivity index (χ0n) is 9.97. The van der Waals surface area contributed by atoms with Gasteiger partial charge in [0.1, 0.15) is 11.8 Å². The molecule has 5 heteroatoms. The molecule has 2 N–H and O–H groups in total. The molecule has 17 heavy (non-hydrogen) atoms. The monoisotopic (exact) mass is 239 g/mol. The number of hydrogen-bond acceptors (Lipinski definition) is 4. The number of rotatable bonds is 7. The summed E-state index contributed by atoms with van der Waals surface area (Å²) in [6, 6.07) is 6.75. The van der Waals surface area contributed by atoms with Crippen molar-refractivity contribution in [2.45, 2.75) is 12.6 Å². The number of hydrogen-bond donors (Lipinski definition) is 2. The molecule has 0 aliphatic carbocycles. The molecule has 0 radical (unpaired) electrons. The molecule has 5 nitrogen and oxygen atoms in total. The predicted octanol–water partition coefficient (Wildman–Crippen LogP) is 0.884. The molecule has 1 aromatic rings. The van der Waals surface area contributed by atoms with Crippen LogP contribution in [0, 0.1) is 0 Å². The van der Waals surface area contributed by atoms with Crippen LogP contribution in [0.5, 0.6) is 5.75 Å². The fourth-order valence-corrected chi connectivity index (χ4v) is 1.37. The summed E-state index contributed by atoms with van der Waals surface area (Å²) in [4.78, 5) is 10.8. The molecule has 0 aliphatic heterocycles. The number of ether oxygens (including phenoxy) is 2. The highest BCUT2D eigenvalue weighted by molar-refractivity contribution is 5.73. The normalized spacial score (nSPS) is 12.1. The van der Waals surface area contributed by atoms with E-state index in [1.54, 1.807) is 7.11 Å². The van der Waals surface area contributed by atoms with Crippen molar-refractivity contribution in [3.05, 3.63) is 29.8 Å². The van der Waals surface area contributed by atoms with Gasteiger partial charge in [-0.3, -0.25) is 10.1 Å². The number of benzene rings is 1. The Morgan fingerprint density at radius 3 is 2.47 bits per heavy atom. The van der Waals surface area contributed by atoms with E-state index in [-0.39, 0.29) is 6.61 Å². The highest BCUT2D eigenvalue weighted by Crippen LogP contribution is 2.11. The largest absolute Gasteiger partial charge is 0.497 e. The minimum atomic E-state index is -0.916. The Hall–Kier alpha value is -1.59. The maximum Gasteiger partial charge on any atom is 0.323 e. The van der Waals surface area contributed by atoms with Crippen molar-refractivity contribution >= 4 is 5.97 Å². The Labute approximate surface area is 100 Å². The summed E-state index contributed by atoms with van der Waals surface area (Å²) in [6.07, 6.45) is 0. The number of nitrogens with one attached hydrogen (secondary N) is 1. The van der Waals surface area contributed by atoms with E-state index in [2.05, 4.69) is 5.32 Å². The average molecular weight is 239 g/mol. The lowest BCUT2D eigenvalue weighted by atomic mass is 10.2. The first-order valence-corrected chi connectivity index (χ1v) is 5.25. The van der Waals surface area contributed by atoms with Gasteiger partial charge in [-0.2, -0.15) is 0 Å². The Bertz CT molecular complexity index is 350. The fraction of sp³-hybridized carbons (Fsp3) is 0.417. The van der Waals surface area contributed by atoms with Crippen LogP contribution < -0.4 is 10.1 Å². The molecule has 1 unspecified atom stereocenters. The molecular weight excluding hydrogens is 222 g/mol. The van der Waals surface area contributed by atoms with Gasteiger partial charge in [-0.1, -0.05) is 12.1 Å². The SMILES string of the molecule is COCC(NCc1ccc(OC)cc1)C(=O)O. The number of carboxylic acids is 1. The van der Waals surface area contributed by atoms with Crippen LogP contribution in [-0.4, -0.2) is 37.9 Å². The summed E-state index contributed by atoms with van der Waals surface area (Å²) < 4.78 is 9.86. The van der Waals surface area contributed by atoms with Gasteiger partial charge in [-0.15, -0.1) is 0 Å². The summed E-state index contributed by atoms with van der Waals surface area (Å²) in [5.41, 5.74) is 0.994. The first-order chi connectivity index (χ1) is 8.17. The molecule has 0 saturated carbocycles. The van der Waals surface area contributed by atoms with Gasteiger partial charge < -0.3 is 14.6 Å². The minimum absolute atomic E-state index is 0.144. The van der Waals surface area contributed by atoms with E-state index in [0.29, 0.717) is 6.54 Å². The first-order valence-electron chi connectivity index (χ1n) is 5.25. The standard InChI is InChI=1S/C12H17NO4/c1-16-8-11(12(14)15)13-7-9-3-5-10(17-2)6-4-9/h3-6,11,13H,7-8H2,1-2H3,(H,14,15). The van der Waals surface area contributed by atoms with Gasteiger partial charge >= 0.3 is 5.97 Å². The molecule has 0 heterocycles. The Kier molecular flexibility index (Phi) is 5.45. The van der Waals surface area contributed by atoms with Crippen LogP contribution in [0.15, 0.2) is 24.3 Å². The molecule has 1 rings (SSSR count). The van der Waals surface area contributed by atoms with E-state index in [9.17, 15) is 4.79 Å². The molecule has 0 aromatic heterocycles. The van der Waals surface area contributed by atoms with Crippen LogP contribution in [0.3, 0.4) is 0 Å². The lowest BCUT2D eigenvalue weighted by Gasteiger charge is -2.13. The van der Waals surface area contributed by atoms with Crippen LogP contribution in [0.25, 0.3) is 0 Å². The minimum Gasteiger partial charge on any atom is -0.497 e. The van der Waals surface area contributed by atoms with Gasteiger partial charge in [0, 0.05) is 13.7 Å². The molecule has 0 aliphatic rings. The van der Waals surface area contributed by atoms with Gasteiger partial charge in [0.2, 0.25) is 0 Å². The summed E-state index contributed by atoms with van der Waals surface area (Å²) in [6.45, 7) is 0.621. The highest BCUT2D eigenvalue weighted by Gasteiger charge is 2.15. The van der Waals surface area contributed by atoms with Crippen molar-refractivity contribution < 1.29 is 19.4 Å². The molecule has 0 amide bonds. The van der Waals surface area contributed by atoms with E-state index in [1.807, 2.05) is 24.3 Å². The zero-order chi connectivity index (χ0) is 12.7. The number of carbonyl (C=O) groups is 1. The second-order valence-electron chi connectivity index (χ2n) is 3.58. The number of methoxy groups -OCH3 is 2. The number of carboxylic acid groups (broad SMARTS) is 1. The van der Waals surface area contributed by atoms with Crippen molar-refractivity contribution in [1.82, 2.24) is 5.32 Å². The van der Waals surface area contributed by atoms with Crippen LogP contribution in [0.4, 0.5) is 0 Å². The molecule has 1 atom stereocenters. The fourth-order valence-electron chi connectivity index (χ4n) is 1.37. The van der Waals surface area contributed by atoms with Crippen LogP contribution in [-0.2, 0) is 16.1 Å². The molecule has 0 spiro atoms. The maximum absolute atomic E-state index is 10.8. The second kappa shape index (κ2) is 6.88. The Balaban J connectivity index is 2.50. The van der Waals surface area contributed by atoms with Crippen LogP contribution in [0.1, 0.15) is 5.56 Å². The summed E-state index contributed by atoms with van der Waals surface area (Å²) in [5.74, 6) is -0.138. The topological polar surface area (TPSA) is 67.8 Å². The van der Waals surface area contributed by atoms with Crippen LogP contribution in [0.2, 0.25) is 0 Å². The molecule has 94 valence electrons.